The Hall–Kier alpha value is -4.55. The molecule has 0 bridgehead atoms. The molecule has 3 N–H and O–H groups in total. The molecule has 270 valence electrons. The maximum Gasteiger partial charge on any atom is 0.459 e. The van der Waals surface area contributed by atoms with E-state index >= 15 is 0 Å². The maximum absolute atomic E-state index is 14.4. The molecule has 2 aromatic heterocycles. The average molecular weight is 715 g/mol. The van der Waals surface area contributed by atoms with E-state index in [-0.39, 0.29) is 23.9 Å². The minimum absolute atomic E-state index is 0.120. The smallest absolute Gasteiger partial charge is 0.459 e. The zero-order valence-corrected chi connectivity index (χ0v) is 29.7. The van der Waals surface area contributed by atoms with Gasteiger partial charge in [0.15, 0.2) is 18.0 Å². The lowest BCUT2D eigenvalue weighted by Gasteiger charge is -2.31. The number of hydrogen-bond donors (Lipinski definition) is 2. The SMILES string of the molecule is CCCCOC(=O)[C@H](C)NP(=O)(OC[C@@]1(C#N)O[C@@H](c2ccc3c(N)ncnn23)[C@H](OC(=O)C(C)C)[C@@H]1OC(=O)C(C)C)Oc1ccccc1. The number of nitrogens with one attached hydrogen (secondary N) is 1. The number of nitrogens with zero attached hydrogens (tertiary/aromatic N) is 4. The van der Waals surface area contributed by atoms with E-state index in [0.717, 1.165) is 6.42 Å². The number of carbonyl (C=O) groups excluding carboxylic acids is 3. The van der Waals surface area contributed by atoms with Gasteiger partial charge in [-0.1, -0.05) is 59.2 Å². The van der Waals surface area contributed by atoms with Gasteiger partial charge in [0.05, 0.1) is 24.1 Å². The summed E-state index contributed by atoms with van der Waals surface area (Å²) in [6.45, 7) is 9.06. The first-order valence-corrected chi connectivity index (χ1v) is 17.8. The number of benzene rings is 1. The number of para-hydroxylation sites is 1. The molecule has 0 radical (unpaired) electrons. The second-order valence-corrected chi connectivity index (χ2v) is 14.0. The summed E-state index contributed by atoms with van der Waals surface area (Å²) < 4.78 is 50.9. The Kier molecular flexibility index (Phi) is 12.6. The van der Waals surface area contributed by atoms with Gasteiger partial charge < -0.3 is 29.2 Å². The standard InChI is InChI=1S/C33H43N6O10P/c1-7-8-16-44-32(42)22(6)38-50(43,49-23-12-10-9-11-13-23)45-18-33(17-34)28(47-31(41)21(4)5)27(46-30(40)20(2)3)26(48-33)24-14-15-25-29(35)36-19-37-39(24)25/h9-15,19-22,26-28H,7-8,16,18H2,1-6H3,(H,38,43)(H2,35,36,37)/t22-,26-,27-,28-,33+,50?/m0/s1. The van der Waals surface area contributed by atoms with Crippen LogP contribution in [-0.2, 0) is 42.4 Å². The van der Waals surface area contributed by atoms with Crippen molar-refractivity contribution in [3.63, 3.8) is 0 Å². The number of carbonyl (C=O) groups is 3. The third kappa shape index (κ3) is 8.78. The fourth-order valence-electron chi connectivity index (χ4n) is 4.88. The average Bonchev–Trinajstić information content (AvgIpc) is 3.64. The van der Waals surface area contributed by atoms with E-state index in [1.165, 1.54) is 29.9 Å². The first kappa shape index (κ1) is 38.3. The topological polar surface area (TPSA) is 216 Å². The third-order valence-corrected chi connectivity index (χ3v) is 9.31. The molecular weight excluding hydrogens is 671 g/mol. The Morgan fingerprint density at radius 2 is 1.74 bits per heavy atom. The van der Waals surface area contributed by atoms with Crippen LogP contribution in [0.4, 0.5) is 5.82 Å². The number of unbranched alkanes of at least 4 members (excludes halogenated alkanes) is 1. The summed E-state index contributed by atoms with van der Waals surface area (Å²) in [7, 11) is -4.54. The molecule has 0 amide bonds. The van der Waals surface area contributed by atoms with Crippen molar-refractivity contribution in [1.29, 1.82) is 5.26 Å². The summed E-state index contributed by atoms with van der Waals surface area (Å²) in [6.07, 6.45) is -1.67. The van der Waals surface area contributed by atoms with E-state index in [2.05, 4.69) is 15.2 Å². The monoisotopic (exact) mass is 714 g/mol. The molecule has 17 heteroatoms. The molecule has 50 heavy (non-hydrogen) atoms. The Morgan fingerprint density at radius 1 is 1.06 bits per heavy atom. The molecule has 0 aliphatic carbocycles. The second kappa shape index (κ2) is 16.4. The van der Waals surface area contributed by atoms with E-state index in [0.29, 0.717) is 11.9 Å². The van der Waals surface area contributed by atoms with Crippen molar-refractivity contribution < 1.29 is 46.9 Å². The molecule has 1 aromatic carbocycles. The highest BCUT2D eigenvalue weighted by Crippen LogP contribution is 2.50. The van der Waals surface area contributed by atoms with Crippen molar-refractivity contribution in [2.24, 2.45) is 11.8 Å². The zero-order valence-electron chi connectivity index (χ0n) is 28.8. The zero-order chi connectivity index (χ0) is 36.6. The summed E-state index contributed by atoms with van der Waals surface area (Å²) in [5.74, 6) is -3.13. The summed E-state index contributed by atoms with van der Waals surface area (Å²) in [5, 5.41) is 17.6. The van der Waals surface area contributed by atoms with Crippen molar-refractivity contribution in [3.05, 3.63) is 54.5 Å². The number of esters is 3. The number of rotatable bonds is 16. The molecule has 1 fully saturated rings. The van der Waals surface area contributed by atoms with Crippen LogP contribution >= 0.6 is 7.75 Å². The number of anilines is 1. The van der Waals surface area contributed by atoms with E-state index in [1.807, 2.05) is 13.0 Å². The van der Waals surface area contributed by atoms with E-state index in [4.69, 9.17) is 33.7 Å². The van der Waals surface area contributed by atoms with Crippen LogP contribution in [0.3, 0.4) is 0 Å². The van der Waals surface area contributed by atoms with Gasteiger partial charge in [0, 0.05) is 0 Å². The normalized spacial score (nSPS) is 22.1. The fraction of sp³-hybridized carbons (Fsp3) is 0.515. The van der Waals surface area contributed by atoms with Gasteiger partial charge in [-0.3, -0.25) is 18.9 Å². The Morgan fingerprint density at radius 3 is 2.38 bits per heavy atom. The van der Waals surface area contributed by atoms with Gasteiger partial charge in [-0.25, -0.2) is 14.1 Å². The van der Waals surface area contributed by atoms with E-state index in [9.17, 15) is 24.2 Å². The number of nitrogens with two attached hydrogens (primary N) is 1. The van der Waals surface area contributed by atoms with Gasteiger partial charge in [0.25, 0.3) is 0 Å². The van der Waals surface area contributed by atoms with Gasteiger partial charge in [0.2, 0.25) is 5.60 Å². The lowest BCUT2D eigenvalue weighted by molar-refractivity contribution is -0.173. The van der Waals surface area contributed by atoms with Gasteiger partial charge >= 0.3 is 25.7 Å². The highest BCUT2D eigenvalue weighted by atomic mass is 31.2. The van der Waals surface area contributed by atoms with E-state index < -0.39 is 74.1 Å². The summed E-state index contributed by atoms with van der Waals surface area (Å²) in [6, 6.07) is 12.1. The highest BCUT2D eigenvalue weighted by molar-refractivity contribution is 7.52. The number of hydrogen-bond acceptors (Lipinski definition) is 14. The van der Waals surface area contributed by atoms with Crippen LogP contribution in [0.2, 0.25) is 0 Å². The van der Waals surface area contributed by atoms with Crippen LogP contribution in [0.15, 0.2) is 48.8 Å². The van der Waals surface area contributed by atoms with Crippen molar-refractivity contribution >= 4 is 37.0 Å². The number of fused-ring (bicyclic) bond motifs is 1. The van der Waals surface area contributed by atoms with Crippen molar-refractivity contribution in [2.75, 3.05) is 18.9 Å². The quantitative estimate of drug-likeness (QED) is 0.0915. The highest BCUT2D eigenvalue weighted by Gasteiger charge is 2.62. The molecule has 1 aliphatic rings. The summed E-state index contributed by atoms with van der Waals surface area (Å²) in [5.41, 5.74) is 4.49. The maximum atomic E-state index is 14.4. The predicted octanol–water partition coefficient (Wildman–Crippen LogP) is 4.31. The van der Waals surface area contributed by atoms with Gasteiger partial charge in [-0.05, 0) is 37.6 Å². The van der Waals surface area contributed by atoms with Crippen LogP contribution in [0, 0.1) is 23.2 Å². The van der Waals surface area contributed by atoms with E-state index in [1.54, 1.807) is 58.0 Å². The Labute approximate surface area is 290 Å². The molecular formula is C33H43N6O10P. The number of nitrogen functional groups attached to an aromatic ring is 1. The van der Waals surface area contributed by atoms with Crippen molar-refractivity contribution in [1.82, 2.24) is 19.7 Å². The Balaban J connectivity index is 1.77. The first-order valence-electron chi connectivity index (χ1n) is 16.3. The van der Waals surface area contributed by atoms with Gasteiger partial charge in [-0.15, -0.1) is 0 Å². The van der Waals surface area contributed by atoms with Crippen LogP contribution in [0.5, 0.6) is 5.75 Å². The minimum Gasteiger partial charge on any atom is -0.465 e. The second-order valence-electron chi connectivity index (χ2n) is 12.4. The van der Waals surface area contributed by atoms with Gasteiger partial charge in [-0.2, -0.15) is 15.4 Å². The third-order valence-electron chi connectivity index (χ3n) is 7.69. The molecule has 16 nitrogen and oxygen atoms in total. The van der Waals surface area contributed by atoms with Crippen molar-refractivity contribution in [3.8, 4) is 11.8 Å². The minimum atomic E-state index is -4.54. The molecule has 4 rings (SSSR count). The first-order chi connectivity index (χ1) is 23.7. The molecule has 3 aromatic rings. The summed E-state index contributed by atoms with van der Waals surface area (Å²) >= 11 is 0. The summed E-state index contributed by atoms with van der Waals surface area (Å²) in [4.78, 5) is 43.0. The fourth-order valence-corrected chi connectivity index (χ4v) is 6.40. The lowest BCUT2D eigenvalue weighted by atomic mass is 9.95. The van der Waals surface area contributed by atoms with Crippen LogP contribution < -0.4 is 15.3 Å². The number of ether oxygens (including phenoxy) is 4. The number of nitriles is 1. The predicted molar refractivity (Wildman–Crippen MR) is 178 cm³/mol. The Bertz CT molecular complexity index is 1750. The van der Waals surface area contributed by atoms with Crippen molar-refractivity contribution in [2.45, 2.75) is 84.3 Å². The lowest BCUT2D eigenvalue weighted by Crippen LogP contribution is -2.50. The molecule has 6 atom stereocenters. The van der Waals surface area contributed by atoms with Gasteiger partial charge in [0.1, 0.15) is 42.4 Å². The van der Waals surface area contributed by atoms with Crippen LogP contribution in [-0.4, -0.2) is 69.6 Å². The number of aromatic nitrogens is 3. The largest absolute Gasteiger partial charge is 0.465 e. The van der Waals surface area contributed by atoms with Crippen LogP contribution in [0.1, 0.15) is 66.2 Å². The molecule has 0 spiro atoms. The molecule has 1 saturated heterocycles. The van der Waals surface area contributed by atoms with Crippen LogP contribution in [0.25, 0.3) is 5.52 Å². The molecule has 1 unspecified atom stereocenters. The molecule has 3 heterocycles. The molecule has 0 saturated carbocycles. The molecule has 1 aliphatic heterocycles.